The number of halogens is 1. The summed E-state index contributed by atoms with van der Waals surface area (Å²) in [6.45, 7) is 1.90. The van der Waals surface area contributed by atoms with Gasteiger partial charge in [-0.05, 0) is 42.8 Å². The largest absolute Gasteiger partial charge is 0.496 e. The van der Waals surface area contributed by atoms with Crippen molar-refractivity contribution in [3.8, 4) is 11.5 Å². The number of carbonyl (C=O) groups is 1. The SMILES string of the molecule is COc1cccc(OC)c1C=CC(=O)Nc1cc(Cl)ccc1C. The van der Waals surface area contributed by atoms with Gasteiger partial charge in [0.2, 0.25) is 5.91 Å². The number of rotatable bonds is 5. The van der Waals surface area contributed by atoms with Crippen LogP contribution in [-0.4, -0.2) is 20.1 Å². The molecule has 2 aromatic rings. The smallest absolute Gasteiger partial charge is 0.248 e. The van der Waals surface area contributed by atoms with Gasteiger partial charge in [-0.1, -0.05) is 23.7 Å². The van der Waals surface area contributed by atoms with Crippen molar-refractivity contribution in [2.24, 2.45) is 0 Å². The van der Waals surface area contributed by atoms with Gasteiger partial charge in [0.25, 0.3) is 0 Å². The number of nitrogens with one attached hydrogen (secondary N) is 1. The highest BCUT2D eigenvalue weighted by molar-refractivity contribution is 6.31. The third kappa shape index (κ3) is 4.27. The molecule has 0 saturated carbocycles. The fourth-order valence-electron chi connectivity index (χ4n) is 2.11. The van der Waals surface area contributed by atoms with Crippen molar-refractivity contribution in [3.63, 3.8) is 0 Å². The second-order valence-electron chi connectivity index (χ2n) is 4.86. The topological polar surface area (TPSA) is 47.6 Å². The molecule has 120 valence electrons. The van der Waals surface area contributed by atoms with Crippen molar-refractivity contribution in [3.05, 3.63) is 58.6 Å². The van der Waals surface area contributed by atoms with Gasteiger partial charge in [-0.25, -0.2) is 0 Å². The van der Waals surface area contributed by atoms with Gasteiger partial charge in [-0.15, -0.1) is 0 Å². The summed E-state index contributed by atoms with van der Waals surface area (Å²) >= 11 is 5.95. The molecule has 0 aliphatic heterocycles. The van der Waals surface area contributed by atoms with Crippen LogP contribution in [0.5, 0.6) is 11.5 Å². The molecule has 0 fully saturated rings. The number of benzene rings is 2. The Morgan fingerprint density at radius 3 is 2.39 bits per heavy atom. The Kier molecular flexibility index (Phi) is 5.66. The van der Waals surface area contributed by atoms with Crippen molar-refractivity contribution in [2.75, 3.05) is 19.5 Å². The highest BCUT2D eigenvalue weighted by atomic mass is 35.5. The fraction of sp³-hybridized carbons (Fsp3) is 0.167. The zero-order valence-electron chi connectivity index (χ0n) is 13.2. The number of amides is 1. The van der Waals surface area contributed by atoms with Gasteiger partial charge in [-0.2, -0.15) is 0 Å². The van der Waals surface area contributed by atoms with E-state index in [4.69, 9.17) is 21.1 Å². The molecule has 0 spiro atoms. The van der Waals surface area contributed by atoms with E-state index in [0.29, 0.717) is 27.8 Å². The maximum absolute atomic E-state index is 12.1. The van der Waals surface area contributed by atoms with Gasteiger partial charge in [-0.3, -0.25) is 4.79 Å². The van der Waals surface area contributed by atoms with Crippen LogP contribution < -0.4 is 14.8 Å². The summed E-state index contributed by atoms with van der Waals surface area (Å²) in [5, 5.41) is 3.38. The maximum atomic E-state index is 12.1. The predicted molar refractivity (Wildman–Crippen MR) is 93.4 cm³/mol. The van der Waals surface area contributed by atoms with Gasteiger partial charge < -0.3 is 14.8 Å². The molecule has 0 heterocycles. The highest BCUT2D eigenvalue weighted by Gasteiger charge is 2.08. The minimum absolute atomic E-state index is 0.261. The van der Waals surface area contributed by atoms with Gasteiger partial charge in [0.05, 0.1) is 19.8 Å². The first-order valence-electron chi connectivity index (χ1n) is 7.01. The third-order valence-electron chi connectivity index (χ3n) is 3.32. The number of methoxy groups -OCH3 is 2. The van der Waals surface area contributed by atoms with E-state index in [9.17, 15) is 4.79 Å². The summed E-state index contributed by atoms with van der Waals surface area (Å²) in [5.74, 6) is 1.00. The Labute approximate surface area is 140 Å². The molecule has 2 aromatic carbocycles. The molecule has 0 bridgehead atoms. The zero-order valence-corrected chi connectivity index (χ0v) is 14.0. The van der Waals surface area contributed by atoms with Crippen LogP contribution in [-0.2, 0) is 4.79 Å². The molecule has 4 nitrogen and oxygen atoms in total. The van der Waals surface area contributed by atoms with Crippen LogP contribution in [0.25, 0.3) is 6.08 Å². The lowest BCUT2D eigenvalue weighted by Crippen LogP contribution is -2.09. The van der Waals surface area contributed by atoms with Crippen molar-refractivity contribution in [1.29, 1.82) is 0 Å². The maximum Gasteiger partial charge on any atom is 0.248 e. The molecule has 0 saturated heterocycles. The van der Waals surface area contributed by atoms with E-state index < -0.39 is 0 Å². The van der Waals surface area contributed by atoms with E-state index in [-0.39, 0.29) is 5.91 Å². The second kappa shape index (κ2) is 7.70. The number of ether oxygens (including phenoxy) is 2. The lowest BCUT2D eigenvalue weighted by Gasteiger charge is -2.10. The molecule has 0 unspecified atom stereocenters. The van der Waals surface area contributed by atoms with Crippen LogP contribution in [0.4, 0.5) is 5.69 Å². The molecule has 23 heavy (non-hydrogen) atoms. The molecule has 0 aliphatic rings. The molecule has 0 aromatic heterocycles. The molecule has 2 rings (SSSR count). The monoisotopic (exact) mass is 331 g/mol. The third-order valence-corrected chi connectivity index (χ3v) is 3.56. The molecule has 1 amide bonds. The van der Waals surface area contributed by atoms with Crippen LogP contribution in [0.15, 0.2) is 42.5 Å². The van der Waals surface area contributed by atoms with E-state index >= 15 is 0 Å². The lowest BCUT2D eigenvalue weighted by atomic mass is 10.1. The van der Waals surface area contributed by atoms with E-state index in [1.165, 1.54) is 6.08 Å². The first-order valence-corrected chi connectivity index (χ1v) is 7.39. The molecular formula is C18H18ClNO3. The van der Waals surface area contributed by atoms with Gasteiger partial charge >= 0.3 is 0 Å². The van der Waals surface area contributed by atoms with Crippen LogP contribution in [0.2, 0.25) is 5.02 Å². The van der Waals surface area contributed by atoms with Gasteiger partial charge in [0.15, 0.2) is 0 Å². The van der Waals surface area contributed by atoms with Crippen molar-refractivity contribution < 1.29 is 14.3 Å². The van der Waals surface area contributed by atoms with E-state index in [2.05, 4.69) is 5.32 Å². The zero-order chi connectivity index (χ0) is 16.8. The van der Waals surface area contributed by atoms with E-state index in [1.807, 2.05) is 19.1 Å². The normalized spacial score (nSPS) is 10.6. The van der Waals surface area contributed by atoms with Crippen molar-refractivity contribution >= 4 is 29.3 Å². The number of hydrogen-bond acceptors (Lipinski definition) is 3. The number of hydrogen-bond donors (Lipinski definition) is 1. The van der Waals surface area contributed by atoms with Crippen molar-refractivity contribution in [2.45, 2.75) is 6.92 Å². The Bertz CT molecular complexity index is 719. The average molecular weight is 332 g/mol. The number of anilines is 1. The highest BCUT2D eigenvalue weighted by Crippen LogP contribution is 2.29. The molecule has 0 aliphatic carbocycles. The minimum Gasteiger partial charge on any atom is -0.496 e. The van der Waals surface area contributed by atoms with E-state index in [0.717, 1.165) is 5.56 Å². The molecule has 0 atom stereocenters. The van der Waals surface area contributed by atoms with Gasteiger partial charge in [0.1, 0.15) is 11.5 Å². The molecular weight excluding hydrogens is 314 g/mol. The first-order chi connectivity index (χ1) is 11.0. The summed E-state index contributed by atoms with van der Waals surface area (Å²) in [6, 6.07) is 10.8. The van der Waals surface area contributed by atoms with Gasteiger partial charge in [0, 0.05) is 16.8 Å². The summed E-state index contributed by atoms with van der Waals surface area (Å²) in [5.41, 5.74) is 2.32. The minimum atomic E-state index is -0.261. The molecule has 1 N–H and O–H groups in total. The standard InChI is InChI=1S/C18H18ClNO3/c1-12-7-8-13(19)11-15(12)20-18(21)10-9-14-16(22-2)5-4-6-17(14)23-3/h4-11H,1-3H3,(H,20,21). The number of carbonyl (C=O) groups excluding carboxylic acids is 1. The molecule has 5 heteroatoms. The van der Waals surface area contributed by atoms with Crippen molar-refractivity contribution in [1.82, 2.24) is 0 Å². The first kappa shape index (κ1) is 16.9. The summed E-state index contributed by atoms with van der Waals surface area (Å²) in [6.07, 6.45) is 3.09. The average Bonchev–Trinajstić information content (AvgIpc) is 2.55. The fourth-order valence-corrected chi connectivity index (χ4v) is 2.28. The van der Waals surface area contributed by atoms with E-state index in [1.54, 1.807) is 44.6 Å². The summed E-state index contributed by atoms with van der Waals surface area (Å²) in [4.78, 5) is 12.1. The Hall–Kier alpha value is -2.46. The predicted octanol–water partition coefficient (Wildman–Crippen LogP) is 4.32. The second-order valence-corrected chi connectivity index (χ2v) is 5.29. The Balaban J connectivity index is 2.20. The summed E-state index contributed by atoms with van der Waals surface area (Å²) < 4.78 is 10.6. The van der Waals surface area contributed by atoms with Crippen LogP contribution in [0.1, 0.15) is 11.1 Å². The molecule has 0 radical (unpaired) electrons. The van der Waals surface area contributed by atoms with Crippen LogP contribution >= 0.6 is 11.6 Å². The van der Waals surface area contributed by atoms with Crippen LogP contribution in [0, 0.1) is 6.92 Å². The van der Waals surface area contributed by atoms with Crippen LogP contribution in [0.3, 0.4) is 0 Å². The number of aryl methyl sites for hydroxylation is 1. The summed E-state index contributed by atoms with van der Waals surface area (Å²) in [7, 11) is 3.14. The Morgan fingerprint density at radius 2 is 1.78 bits per heavy atom. The lowest BCUT2D eigenvalue weighted by molar-refractivity contribution is -0.111. The quantitative estimate of drug-likeness (QED) is 0.830. The Morgan fingerprint density at radius 1 is 1.13 bits per heavy atom.